The van der Waals surface area contributed by atoms with E-state index in [1.165, 1.54) is 0 Å². The highest BCUT2D eigenvalue weighted by Crippen LogP contribution is 2.37. The third-order valence-electron chi connectivity index (χ3n) is 2.37. The number of halogens is 1. The molecule has 1 unspecified atom stereocenters. The summed E-state index contributed by atoms with van der Waals surface area (Å²) in [7, 11) is 0. The topological polar surface area (TPSA) is 17.8 Å². The number of alkyl halides is 1. The molecule has 2 nitrogen and oxygen atoms in total. The van der Waals surface area contributed by atoms with Crippen LogP contribution in [0.5, 0.6) is 0 Å². The fourth-order valence-electron chi connectivity index (χ4n) is 1.76. The number of rotatable bonds is 0. The van der Waals surface area contributed by atoms with E-state index >= 15 is 0 Å². The molecule has 0 radical (unpaired) electrons. The fourth-order valence-corrected chi connectivity index (χ4v) is 1.76. The predicted molar refractivity (Wildman–Crippen MR) is 46.5 cm³/mol. The lowest BCUT2D eigenvalue weighted by atomic mass is 10.1. The second kappa shape index (κ2) is 2.19. The highest BCUT2D eigenvalue weighted by molar-refractivity contribution is 5.50. The molecular weight excluding hydrogens is 167 g/mol. The van der Waals surface area contributed by atoms with E-state index in [2.05, 4.69) is 5.10 Å². The second-order valence-corrected chi connectivity index (χ2v) is 3.09. The summed E-state index contributed by atoms with van der Waals surface area (Å²) in [6.07, 6.45) is 0.608. The summed E-state index contributed by atoms with van der Waals surface area (Å²) >= 11 is 0. The summed E-state index contributed by atoms with van der Waals surface area (Å²) in [4.78, 5) is 0. The summed E-state index contributed by atoms with van der Waals surface area (Å²) in [5.74, 6) is 0. The summed E-state index contributed by atoms with van der Waals surface area (Å²) < 4.78 is 15.3. The summed E-state index contributed by atoms with van der Waals surface area (Å²) in [6.45, 7) is 0. The van der Waals surface area contributed by atoms with E-state index < -0.39 is 6.17 Å². The van der Waals surface area contributed by atoms with Gasteiger partial charge in [0.1, 0.15) is 0 Å². The van der Waals surface area contributed by atoms with Crippen LogP contribution in [0.3, 0.4) is 0 Å². The first-order chi connectivity index (χ1) is 6.38. The van der Waals surface area contributed by atoms with Gasteiger partial charge in [-0.3, -0.25) is 0 Å². The number of fused-ring (bicyclic) bond motifs is 3. The zero-order valence-corrected chi connectivity index (χ0v) is 6.81. The zero-order chi connectivity index (χ0) is 8.84. The molecule has 0 spiro atoms. The van der Waals surface area contributed by atoms with Gasteiger partial charge in [-0.05, 0) is 12.1 Å². The molecule has 0 saturated heterocycles. The van der Waals surface area contributed by atoms with Crippen molar-refractivity contribution < 1.29 is 4.39 Å². The molecule has 1 aromatic heterocycles. The smallest absolute Gasteiger partial charge is 0.169 e. The Kier molecular flexibility index (Phi) is 1.15. The maximum Gasteiger partial charge on any atom is 0.169 e. The van der Waals surface area contributed by atoms with E-state index in [1.807, 2.05) is 18.2 Å². The lowest BCUT2D eigenvalue weighted by Gasteiger charge is -1.98. The Morgan fingerprint density at radius 1 is 1.23 bits per heavy atom. The Balaban J connectivity index is 2.37. The average Bonchev–Trinajstić information content (AvgIpc) is 2.72. The van der Waals surface area contributed by atoms with Crippen molar-refractivity contribution in [1.82, 2.24) is 9.78 Å². The number of hydrogen-bond acceptors (Lipinski definition) is 1. The van der Waals surface area contributed by atoms with Gasteiger partial charge in [0.15, 0.2) is 6.17 Å². The van der Waals surface area contributed by atoms with E-state index in [4.69, 9.17) is 0 Å². The maximum absolute atomic E-state index is 13.7. The zero-order valence-electron chi connectivity index (χ0n) is 6.81. The van der Waals surface area contributed by atoms with Gasteiger partial charge in [-0.2, -0.15) is 5.10 Å². The van der Waals surface area contributed by atoms with Crippen LogP contribution in [0.1, 0.15) is 17.4 Å². The minimum absolute atomic E-state index is 0.626. The van der Waals surface area contributed by atoms with Crippen molar-refractivity contribution in [3.05, 3.63) is 47.8 Å². The molecule has 1 aliphatic heterocycles. The Morgan fingerprint density at radius 3 is 3.00 bits per heavy atom. The Bertz CT molecular complexity index is 461. The summed E-state index contributed by atoms with van der Waals surface area (Å²) in [5, 5.41) is 4.07. The van der Waals surface area contributed by atoms with E-state index in [1.54, 1.807) is 23.0 Å². The fraction of sp³-hybridized carbons (Fsp3) is 0.100. The van der Waals surface area contributed by atoms with Gasteiger partial charge < -0.3 is 0 Å². The molecule has 0 aliphatic carbocycles. The van der Waals surface area contributed by atoms with Crippen molar-refractivity contribution in [2.24, 2.45) is 0 Å². The van der Waals surface area contributed by atoms with Crippen molar-refractivity contribution in [2.75, 3.05) is 0 Å². The number of hydrogen-bond donors (Lipinski definition) is 0. The van der Waals surface area contributed by atoms with E-state index in [0.717, 1.165) is 5.69 Å². The second-order valence-electron chi connectivity index (χ2n) is 3.09. The van der Waals surface area contributed by atoms with Crippen LogP contribution >= 0.6 is 0 Å². The Morgan fingerprint density at radius 2 is 2.08 bits per heavy atom. The van der Waals surface area contributed by atoms with E-state index in [0.29, 0.717) is 11.3 Å². The molecule has 0 saturated carbocycles. The molecule has 3 rings (SSSR count). The van der Waals surface area contributed by atoms with Gasteiger partial charge in [0.05, 0.1) is 11.4 Å². The van der Waals surface area contributed by atoms with Crippen molar-refractivity contribution in [3.63, 3.8) is 0 Å². The molecule has 1 aromatic carbocycles. The molecule has 3 heteroatoms. The SMILES string of the molecule is FC1c2ccccc2-n2nccc21. The van der Waals surface area contributed by atoms with Gasteiger partial charge in [0.25, 0.3) is 0 Å². The molecule has 64 valence electrons. The predicted octanol–water partition coefficient (Wildman–Crippen LogP) is 2.24. The largest absolute Gasteiger partial charge is 0.235 e. The number of aromatic nitrogens is 2. The number of nitrogens with zero attached hydrogens (tertiary/aromatic N) is 2. The Labute approximate surface area is 74.6 Å². The average molecular weight is 174 g/mol. The van der Waals surface area contributed by atoms with Gasteiger partial charge in [-0.1, -0.05) is 18.2 Å². The van der Waals surface area contributed by atoms with E-state index in [-0.39, 0.29) is 0 Å². The van der Waals surface area contributed by atoms with Gasteiger partial charge in [0, 0.05) is 11.8 Å². The first-order valence-electron chi connectivity index (χ1n) is 4.15. The summed E-state index contributed by atoms with van der Waals surface area (Å²) in [5.41, 5.74) is 2.20. The van der Waals surface area contributed by atoms with Crippen LogP contribution in [0.15, 0.2) is 36.5 Å². The Hall–Kier alpha value is -1.64. The van der Waals surface area contributed by atoms with Crippen LogP contribution in [-0.4, -0.2) is 9.78 Å². The van der Waals surface area contributed by atoms with Crippen molar-refractivity contribution in [2.45, 2.75) is 6.17 Å². The lowest BCUT2D eigenvalue weighted by molar-refractivity contribution is 0.402. The van der Waals surface area contributed by atoms with E-state index in [9.17, 15) is 4.39 Å². The highest BCUT2D eigenvalue weighted by atomic mass is 19.1. The first-order valence-corrected chi connectivity index (χ1v) is 4.15. The molecule has 1 aliphatic rings. The molecule has 2 aromatic rings. The molecule has 13 heavy (non-hydrogen) atoms. The molecule has 0 N–H and O–H groups in total. The van der Waals surface area contributed by atoms with Crippen LogP contribution in [-0.2, 0) is 0 Å². The number of benzene rings is 1. The molecule has 0 bridgehead atoms. The van der Waals surface area contributed by atoms with Crippen LogP contribution < -0.4 is 0 Å². The van der Waals surface area contributed by atoms with Crippen LogP contribution in [0, 0.1) is 0 Å². The van der Waals surface area contributed by atoms with Crippen molar-refractivity contribution >= 4 is 0 Å². The van der Waals surface area contributed by atoms with Gasteiger partial charge >= 0.3 is 0 Å². The normalized spacial score (nSPS) is 18.4. The van der Waals surface area contributed by atoms with Gasteiger partial charge in [0.2, 0.25) is 0 Å². The first kappa shape index (κ1) is 6.83. The maximum atomic E-state index is 13.7. The summed E-state index contributed by atoms with van der Waals surface area (Å²) in [6, 6.07) is 9.13. The third kappa shape index (κ3) is 0.736. The minimum Gasteiger partial charge on any atom is -0.235 e. The van der Waals surface area contributed by atoms with Crippen molar-refractivity contribution in [3.8, 4) is 5.69 Å². The number of para-hydroxylation sites is 1. The van der Waals surface area contributed by atoms with Crippen LogP contribution in [0.2, 0.25) is 0 Å². The standard InChI is InChI=1S/C10H7FN2/c11-10-7-3-1-2-4-8(7)13-9(10)5-6-12-13/h1-6,10H. The quantitative estimate of drug-likeness (QED) is 0.599. The van der Waals surface area contributed by atoms with Crippen molar-refractivity contribution in [1.29, 1.82) is 0 Å². The monoisotopic (exact) mass is 174 g/mol. The lowest BCUT2D eigenvalue weighted by Crippen LogP contribution is -1.92. The molecule has 0 fully saturated rings. The molecular formula is C10H7FN2. The van der Waals surface area contributed by atoms with Crippen LogP contribution in [0.4, 0.5) is 4.39 Å². The molecule has 1 atom stereocenters. The van der Waals surface area contributed by atoms with Gasteiger partial charge in [-0.15, -0.1) is 0 Å². The highest BCUT2D eigenvalue weighted by Gasteiger charge is 2.28. The third-order valence-corrected chi connectivity index (χ3v) is 2.37. The minimum atomic E-state index is -1.02. The van der Waals surface area contributed by atoms with Gasteiger partial charge in [-0.25, -0.2) is 9.07 Å². The molecule has 2 heterocycles. The van der Waals surface area contributed by atoms with Crippen LogP contribution in [0.25, 0.3) is 5.69 Å². The molecule has 0 amide bonds.